The third kappa shape index (κ3) is 4.88. The molecule has 3 aromatic rings. The molecule has 0 radical (unpaired) electrons. The average molecular weight is 430 g/mol. The van der Waals surface area contributed by atoms with Crippen LogP contribution in [0.5, 0.6) is 5.75 Å². The van der Waals surface area contributed by atoms with Crippen molar-refractivity contribution < 1.29 is 9.53 Å². The van der Waals surface area contributed by atoms with Crippen molar-refractivity contribution in [1.82, 2.24) is 5.32 Å². The molecule has 5 nitrogen and oxygen atoms in total. The molecule has 166 valence electrons. The van der Waals surface area contributed by atoms with Crippen molar-refractivity contribution in [3.63, 3.8) is 0 Å². The monoisotopic (exact) mass is 429 g/mol. The van der Waals surface area contributed by atoms with Gasteiger partial charge >= 0.3 is 0 Å². The van der Waals surface area contributed by atoms with E-state index >= 15 is 0 Å². The Bertz CT molecular complexity index is 1060. The van der Waals surface area contributed by atoms with Crippen LogP contribution in [0.1, 0.15) is 22.7 Å². The number of nitrogens with zero attached hydrogens (tertiary/aromatic N) is 2. The topological polar surface area (TPSA) is 44.8 Å². The summed E-state index contributed by atoms with van der Waals surface area (Å²) in [6.07, 6.45) is 1.02. The van der Waals surface area contributed by atoms with Crippen LogP contribution < -0.4 is 19.9 Å². The summed E-state index contributed by atoms with van der Waals surface area (Å²) in [5, 5.41) is 3.10. The van der Waals surface area contributed by atoms with E-state index in [0.717, 1.165) is 30.0 Å². The van der Waals surface area contributed by atoms with Gasteiger partial charge in [-0.1, -0.05) is 48.5 Å². The predicted octanol–water partition coefficient (Wildman–Crippen LogP) is 4.36. The fourth-order valence-electron chi connectivity index (χ4n) is 4.21. The van der Waals surface area contributed by atoms with Crippen LogP contribution in [0.25, 0.3) is 0 Å². The van der Waals surface area contributed by atoms with Crippen molar-refractivity contribution in [3.8, 4) is 5.75 Å². The minimum absolute atomic E-state index is 0.00767. The Labute approximate surface area is 190 Å². The van der Waals surface area contributed by atoms with Crippen LogP contribution in [-0.2, 0) is 11.2 Å². The van der Waals surface area contributed by atoms with E-state index in [0.29, 0.717) is 6.54 Å². The van der Waals surface area contributed by atoms with Crippen LogP contribution in [-0.4, -0.2) is 39.7 Å². The Kier molecular flexibility index (Phi) is 6.64. The highest BCUT2D eigenvalue weighted by atomic mass is 16.5. The lowest BCUT2D eigenvalue weighted by atomic mass is 10.0. The van der Waals surface area contributed by atoms with Crippen LogP contribution in [0.15, 0.2) is 72.8 Å². The van der Waals surface area contributed by atoms with Crippen LogP contribution in [0, 0.1) is 6.92 Å². The maximum absolute atomic E-state index is 12.6. The summed E-state index contributed by atoms with van der Waals surface area (Å²) in [5.74, 6) is 0.627. The predicted molar refractivity (Wildman–Crippen MR) is 131 cm³/mol. The summed E-state index contributed by atoms with van der Waals surface area (Å²) >= 11 is 0. The van der Waals surface area contributed by atoms with E-state index in [9.17, 15) is 4.79 Å². The van der Waals surface area contributed by atoms with E-state index in [1.807, 2.05) is 45.3 Å². The molecule has 0 bridgehead atoms. The summed E-state index contributed by atoms with van der Waals surface area (Å²) in [6.45, 7) is 3.44. The van der Waals surface area contributed by atoms with Gasteiger partial charge in [0.2, 0.25) is 0 Å². The number of benzene rings is 3. The Morgan fingerprint density at radius 2 is 1.75 bits per heavy atom. The zero-order chi connectivity index (χ0) is 22.5. The molecule has 0 saturated carbocycles. The van der Waals surface area contributed by atoms with E-state index in [1.165, 1.54) is 16.8 Å². The number of hydrogen-bond acceptors (Lipinski definition) is 4. The van der Waals surface area contributed by atoms with Crippen LogP contribution in [0.2, 0.25) is 0 Å². The number of para-hydroxylation sites is 2. The molecule has 1 heterocycles. The van der Waals surface area contributed by atoms with E-state index in [-0.39, 0.29) is 18.6 Å². The summed E-state index contributed by atoms with van der Waals surface area (Å²) in [6, 6.07) is 24.9. The van der Waals surface area contributed by atoms with Gasteiger partial charge in [0.05, 0.1) is 6.04 Å². The van der Waals surface area contributed by atoms with E-state index in [4.69, 9.17) is 4.74 Å². The van der Waals surface area contributed by atoms with Gasteiger partial charge in [-0.25, -0.2) is 0 Å². The quantitative estimate of drug-likeness (QED) is 0.578. The Hall–Kier alpha value is -3.47. The molecule has 5 heteroatoms. The molecular weight excluding hydrogens is 398 g/mol. The summed E-state index contributed by atoms with van der Waals surface area (Å²) < 4.78 is 5.73. The lowest BCUT2D eigenvalue weighted by Gasteiger charge is -2.31. The zero-order valence-electron chi connectivity index (χ0n) is 19.0. The van der Waals surface area contributed by atoms with Gasteiger partial charge in [0.15, 0.2) is 6.61 Å². The second-order valence-corrected chi connectivity index (χ2v) is 8.43. The second-order valence-electron chi connectivity index (χ2n) is 8.43. The number of hydrogen-bond donors (Lipinski definition) is 1. The number of carbonyl (C=O) groups is 1. The fourth-order valence-corrected chi connectivity index (χ4v) is 4.21. The number of aryl methyl sites for hydroxylation is 1. The molecule has 0 fully saturated rings. The lowest BCUT2D eigenvalue weighted by Crippen LogP contribution is -2.39. The molecule has 32 heavy (non-hydrogen) atoms. The number of carbonyl (C=O) groups excluding carboxylic acids is 1. The number of anilines is 2. The second kappa shape index (κ2) is 9.77. The smallest absolute Gasteiger partial charge is 0.258 e. The van der Waals surface area contributed by atoms with Crippen LogP contribution >= 0.6 is 0 Å². The molecule has 0 saturated heterocycles. The van der Waals surface area contributed by atoms with Gasteiger partial charge in [0.25, 0.3) is 5.91 Å². The third-order valence-corrected chi connectivity index (χ3v) is 6.04. The number of nitrogens with one attached hydrogen (secondary N) is 1. The van der Waals surface area contributed by atoms with Crippen LogP contribution in [0.3, 0.4) is 0 Å². The molecule has 1 aliphatic rings. The standard InChI is InChI=1S/C27H31N3O2/c1-20-8-4-7-11-26(20)32-19-27(31)28-18-25(22-12-14-23(15-13-22)29(2)3)30-17-16-21-9-5-6-10-24(21)30/h4-15,25H,16-19H2,1-3H3,(H,28,31). The van der Waals surface area contributed by atoms with Crippen molar-refractivity contribution in [2.24, 2.45) is 0 Å². The fraction of sp³-hybridized carbons (Fsp3) is 0.296. The maximum Gasteiger partial charge on any atom is 0.258 e. The van der Waals surface area contributed by atoms with Gasteiger partial charge in [-0.2, -0.15) is 0 Å². The molecule has 3 aromatic carbocycles. The third-order valence-electron chi connectivity index (χ3n) is 6.04. The molecule has 1 amide bonds. The summed E-state index contributed by atoms with van der Waals surface area (Å²) in [5.41, 5.74) is 5.97. The van der Waals surface area contributed by atoms with Gasteiger partial charge < -0.3 is 19.9 Å². The molecule has 1 N–H and O–H groups in total. The molecule has 1 unspecified atom stereocenters. The molecular formula is C27H31N3O2. The molecule has 0 aliphatic carbocycles. The van der Waals surface area contributed by atoms with Gasteiger partial charge in [-0.05, 0) is 54.3 Å². The molecule has 1 atom stereocenters. The van der Waals surface area contributed by atoms with Crippen LogP contribution in [0.4, 0.5) is 11.4 Å². The summed E-state index contributed by atoms with van der Waals surface area (Å²) in [7, 11) is 4.08. The number of amides is 1. The highest BCUT2D eigenvalue weighted by Gasteiger charge is 2.27. The number of rotatable bonds is 8. The lowest BCUT2D eigenvalue weighted by molar-refractivity contribution is -0.123. The largest absolute Gasteiger partial charge is 0.484 e. The first-order chi connectivity index (χ1) is 15.5. The van der Waals surface area contributed by atoms with E-state index in [1.54, 1.807) is 0 Å². The molecule has 0 aromatic heterocycles. The van der Waals surface area contributed by atoms with Crippen molar-refractivity contribution in [3.05, 3.63) is 89.5 Å². The van der Waals surface area contributed by atoms with E-state index in [2.05, 4.69) is 63.6 Å². The van der Waals surface area contributed by atoms with Crippen molar-refractivity contribution in [1.29, 1.82) is 0 Å². The maximum atomic E-state index is 12.6. The minimum Gasteiger partial charge on any atom is -0.484 e. The Morgan fingerprint density at radius 3 is 2.50 bits per heavy atom. The first-order valence-electron chi connectivity index (χ1n) is 11.1. The average Bonchev–Trinajstić information content (AvgIpc) is 3.23. The van der Waals surface area contributed by atoms with Crippen molar-refractivity contribution >= 4 is 17.3 Å². The van der Waals surface area contributed by atoms with Gasteiger partial charge in [0.1, 0.15) is 5.75 Å². The van der Waals surface area contributed by atoms with Gasteiger partial charge in [-0.15, -0.1) is 0 Å². The van der Waals surface area contributed by atoms with Crippen molar-refractivity contribution in [2.75, 3.05) is 43.6 Å². The molecule has 4 rings (SSSR count). The minimum atomic E-state index is -0.115. The normalized spacial score (nSPS) is 13.4. The SMILES string of the molecule is Cc1ccccc1OCC(=O)NCC(c1ccc(N(C)C)cc1)N1CCc2ccccc21. The zero-order valence-corrected chi connectivity index (χ0v) is 19.0. The number of fused-ring (bicyclic) bond motifs is 1. The van der Waals surface area contributed by atoms with E-state index < -0.39 is 0 Å². The molecule has 1 aliphatic heterocycles. The molecule has 0 spiro atoms. The first-order valence-corrected chi connectivity index (χ1v) is 11.1. The van der Waals surface area contributed by atoms with Crippen molar-refractivity contribution in [2.45, 2.75) is 19.4 Å². The Morgan fingerprint density at radius 1 is 1.03 bits per heavy atom. The summed E-state index contributed by atoms with van der Waals surface area (Å²) in [4.78, 5) is 17.1. The first kappa shape index (κ1) is 21.8. The highest BCUT2D eigenvalue weighted by molar-refractivity contribution is 5.77. The van der Waals surface area contributed by atoms with Gasteiger partial charge in [-0.3, -0.25) is 4.79 Å². The number of ether oxygens (including phenoxy) is 1. The highest BCUT2D eigenvalue weighted by Crippen LogP contribution is 2.35. The van der Waals surface area contributed by atoms with Gasteiger partial charge in [0, 0.05) is 38.6 Å². The Balaban J connectivity index is 1.48.